The average molecular weight is 357 g/mol. The monoisotopic (exact) mass is 357 g/mol. The summed E-state index contributed by atoms with van der Waals surface area (Å²) >= 11 is 0. The number of carbonyl (C=O) groups is 2. The van der Waals surface area contributed by atoms with Crippen LogP contribution in [0.2, 0.25) is 0 Å². The molecule has 2 aromatic carbocycles. The Morgan fingerprint density at radius 3 is 2.46 bits per heavy atom. The van der Waals surface area contributed by atoms with E-state index < -0.39 is 22.8 Å². The fourth-order valence-electron chi connectivity index (χ4n) is 2.33. The Morgan fingerprint density at radius 1 is 1.15 bits per heavy atom. The molecule has 8 heteroatoms. The number of nitrogens with one attached hydrogen (secondary N) is 2. The van der Waals surface area contributed by atoms with Gasteiger partial charge in [0.25, 0.3) is 5.69 Å². The van der Waals surface area contributed by atoms with Gasteiger partial charge in [-0.15, -0.1) is 0 Å². The van der Waals surface area contributed by atoms with E-state index in [0.717, 1.165) is 5.56 Å². The van der Waals surface area contributed by atoms with E-state index in [9.17, 15) is 24.8 Å². The number of amides is 2. The number of nitro benzene ring substituents is 1. The standard InChI is InChI=1S/C18H19N3O5/c1-12-11-14(21(25)26)7-8-15(12)20-18(24)17(23)19-10-9-16(22)13-5-3-2-4-6-13/h2-8,11,16,22H,9-10H2,1H3,(H,19,23)(H,20,24). The van der Waals surface area contributed by atoms with Gasteiger partial charge in [-0.3, -0.25) is 19.7 Å². The van der Waals surface area contributed by atoms with Gasteiger partial charge in [0.1, 0.15) is 0 Å². The van der Waals surface area contributed by atoms with E-state index in [1.54, 1.807) is 31.2 Å². The van der Waals surface area contributed by atoms with Crippen molar-refractivity contribution in [2.24, 2.45) is 0 Å². The Morgan fingerprint density at radius 2 is 1.85 bits per heavy atom. The highest BCUT2D eigenvalue weighted by atomic mass is 16.6. The summed E-state index contributed by atoms with van der Waals surface area (Å²) in [6, 6.07) is 12.9. The molecule has 26 heavy (non-hydrogen) atoms. The van der Waals surface area contributed by atoms with Crippen molar-refractivity contribution < 1.29 is 19.6 Å². The van der Waals surface area contributed by atoms with Crippen molar-refractivity contribution in [2.45, 2.75) is 19.4 Å². The number of hydrogen-bond donors (Lipinski definition) is 3. The maximum atomic E-state index is 11.9. The minimum atomic E-state index is -0.879. The van der Waals surface area contributed by atoms with Crippen LogP contribution in [0.1, 0.15) is 23.7 Å². The quantitative estimate of drug-likeness (QED) is 0.415. The van der Waals surface area contributed by atoms with Crippen LogP contribution in [-0.4, -0.2) is 28.4 Å². The van der Waals surface area contributed by atoms with Crippen LogP contribution in [0.5, 0.6) is 0 Å². The molecule has 0 fully saturated rings. The van der Waals surface area contributed by atoms with Crippen molar-refractivity contribution in [3.63, 3.8) is 0 Å². The fourth-order valence-corrected chi connectivity index (χ4v) is 2.33. The summed E-state index contributed by atoms with van der Waals surface area (Å²) in [5.41, 5.74) is 1.42. The summed E-state index contributed by atoms with van der Waals surface area (Å²) in [6.07, 6.45) is -0.476. The molecule has 1 atom stereocenters. The molecule has 8 nitrogen and oxygen atoms in total. The van der Waals surface area contributed by atoms with Gasteiger partial charge in [0.05, 0.1) is 11.0 Å². The van der Waals surface area contributed by atoms with E-state index in [1.165, 1.54) is 18.2 Å². The SMILES string of the molecule is Cc1cc([N+](=O)[O-])ccc1NC(=O)C(=O)NCCC(O)c1ccccc1. The zero-order valence-electron chi connectivity index (χ0n) is 14.1. The number of aliphatic hydroxyl groups excluding tert-OH is 1. The third-order valence-electron chi connectivity index (χ3n) is 3.76. The number of hydrogen-bond acceptors (Lipinski definition) is 5. The van der Waals surface area contributed by atoms with E-state index in [2.05, 4.69) is 10.6 Å². The molecule has 0 aromatic heterocycles. The number of non-ortho nitro benzene ring substituents is 1. The van der Waals surface area contributed by atoms with Crippen molar-refractivity contribution in [1.29, 1.82) is 0 Å². The van der Waals surface area contributed by atoms with Crippen LogP contribution in [-0.2, 0) is 9.59 Å². The summed E-state index contributed by atoms with van der Waals surface area (Å²) < 4.78 is 0. The molecular weight excluding hydrogens is 338 g/mol. The molecule has 0 aliphatic rings. The highest BCUT2D eigenvalue weighted by Gasteiger charge is 2.16. The third kappa shape index (κ3) is 5.12. The second-order valence-corrected chi connectivity index (χ2v) is 5.68. The number of anilines is 1. The van der Waals surface area contributed by atoms with Gasteiger partial charge in [-0.2, -0.15) is 0 Å². The predicted molar refractivity (Wildman–Crippen MR) is 95.5 cm³/mol. The first-order chi connectivity index (χ1) is 12.4. The number of carbonyl (C=O) groups excluding carboxylic acids is 2. The fraction of sp³-hybridized carbons (Fsp3) is 0.222. The summed E-state index contributed by atoms with van der Waals surface area (Å²) in [5.74, 6) is -1.72. The molecule has 136 valence electrons. The molecule has 0 bridgehead atoms. The number of rotatable bonds is 6. The highest BCUT2D eigenvalue weighted by molar-refractivity contribution is 6.39. The van der Waals surface area contributed by atoms with Crippen LogP contribution in [0.3, 0.4) is 0 Å². The lowest BCUT2D eigenvalue weighted by molar-refractivity contribution is -0.384. The number of aryl methyl sites for hydroxylation is 1. The summed E-state index contributed by atoms with van der Waals surface area (Å²) in [4.78, 5) is 33.9. The van der Waals surface area contributed by atoms with E-state index >= 15 is 0 Å². The van der Waals surface area contributed by atoms with Gasteiger partial charge in [0.2, 0.25) is 0 Å². The topological polar surface area (TPSA) is 122 Å². The Balaban J connectivity index is 1.84. The van der Waals surface area contributed by atoms with Gasteiger partial charge in [-0.05, 0) is 30.5 Å². The molecule has 1 unspecified atom stereocenters. The lowest BCUT2D eigenvalue weighted by atomic mass is 10.1. The first-order valence-electron chi connectivity index (χ1n) is 7.95. The molecule has 0 aliphatic heterocycles. The smallest absolute Gasteiger partial charge is 0.313 e. The maximum Gasteiger partial charge on any atom is 0.313 e. The molecule has 0 radical (unpaired) electrons. The Kier molecular flexibility index (Phi) is 6.40. The predicted octanol–water partition coefficient (Wildman–Crippen LogP) is 2.08. The highest BCUT2D eigenvalue weighted by Crippen LogP contribution is 2.21. The zero-order chi connectivity index (χ0) is 19.1. The zero-order valence-corrected chi connectivity index (χ0v) is 14.1. The van der Waals surface area contributed by atoms with Crippen molar-refractivity contribution >= 4 is 23.2 Å². The van der Waals surface area contributed by atoms with Gasteiger partial charge < -0.3 is 15.7 Å². The van der Waals surface area contributed by atoms with E-state index in [4.69, 9.17) is 0 Å². The molecule has 0 saturated carbocycles. The van der Waals surface area contributed by atoms with Crippen LogP contribution in [0, 0.1) is 17.0 Å². The van der Waals surface area contributed by atoms with E-state index in [1.807, 2.05) is 6.07 Å². The molecule has 0 spiro atoms. The van der Waals surface area contributed by atoms with Crippen LogP contribution in [0.15, 0.2) is 48.5 Å². The molecule has 2 amide bonds. The minimum Gasteiger partial charge on any atom is -0.388 e. The number of benzene rings is 2. The Labute approximate surface area is 150 Å². The van der Waals surface area contributed by atoms with Crippen LogP contribution < -0.4 is 10.6 Å². The lowest BCUT2D eigenvalue weighted by Crippen LogP contribution is -2.36. The largest absolute Gasteiger partial charge is 0.388 e. The number of nitrogens with zero attached hydrogens (tertiary/aromatic N) is 1. The Hall–Kier alpha value is -3.26. The minimum absolute atomic E-state index is 0.0974. The van der Waals surface area contributed by atoms with Crippen molar-refractivity contribution in [3.05, 3.63) is 69.8 Å². The van der Waals surface area contributed by atoms with Crippen LogP contribution in [0.25, 0.3) is 0 Å². The van der Waals surface area contributed by atoms with Crippen molar-refractivity contribution in [2.75, 3.05) is 11.9 Å². The van der Waals surface area contributed by atoms with Crippen LogP contribution in [0.4, 0.5) is 11.4 Å². The normalized spacial score (nSPS) is 11.5. The maximum absolute atomic E-state index is 11.9. The summed E-state index contributed by atoms with van der Waals surface area (Å²) in [7, 11) is 0. The number of aliphatic hydroxyl groups is 1. The third-order valence-corrected chi connectivity index (χ3v) is 3.76. The molecular formula is C18H19N3O5. The first-order valence-corrected chi connectivity index (χ1v) is 7.95. The second-order valence-electron chi connectivity index (χ2n) is 5.68. The number of nitro groups is 1. The molecule has 2 rings (SSSR count). The summed E-state index contributed by atoms with van der Waals surface area (Å²) in [6.45, 7) is 1.72. The van der Waals surface area contributed by atoms with Gasteiger partial charge in [-0.1, -0.05) is 30.3 Å². The molecule has 0 heterocycles. The van der Waals surface area contributed by atoms with Gasteiger partial charge >= 0.3 is 11.8 Å². The molecule has 0 saturated heterocycles. The molecule has 2 aromatic rings. The van der Waals surface area contributed by atoms with E-state index in [-0.39, 0.29) is 18.7 Å². The van der Waals surface area contributed by atoms with Gasteiger partial charge in [-0.25, -0.2) is 0 Å². The summed E-state index contributed by atoms with van der Waals surface area (Å²) in [5, 5.41) is 25.6. The van der Waals surface area contributed by atoms with Crippen LogP contribution >= 0.6 is 0 Å². The average Bonchev–Trinajstić information content (AvgIpc) is 2.63. The van der Waals surface area contributed by atoms with Gasteiger partial charge in [0, 0.05) is 24.4 Å². The second kappa shape index (κ2) is 8.72. The molecule has 3 N–H and O–H groups in total. The van der Waals surface area contributed by atoms with E-state index in [0.29, 0.717) is 11.3 Å². The van der Waals surface area contributed by atoms with Crippen molar-refractivity contribution in [1.82, 2.24) is 5.32 Å². The Bertz CT molecular complexity index is 808. The van der Waals surface area contributed by atoms with Crippen molar-refractivity contribution in [3.8, 4) is 0 Å². The lowest BCUT2D eigenvalue weighted by Gasteiger charge is -2.12. The molecule has 0 aliphatic carbocycles. The first kappa shape index (κ1) is 19.1. The van der Waals surface area contributed by atoms with Gasteiger partial charge in [0.15, 0.2) is 0 Å².